The van der Waals surface area contributed by atoms with E-state index in [0.717, 1.165) is 16.6 Å². The van der Waals surface area contributed by atoms with Gasteiger partial charge in [0.2, 0.25) is 0 Å². The highest BCUT2D eigenvalue weighted by Gasteiger charge is 2.16. The minimum absolute atomic E-state index is 0.206. The molecule has 0 aliphatic rings. The van der Waals surface area contributed by atoms with E-state index in [1.807, 2.05) is 53.2 Å². The highest BCUT2D eigenvalue weighted by atomic mass is 16.5. The van der Waals surface area contributed by atoms with Gasteiger partial charge in [-0.05, 0) is 31.2 Å². The van der Waals surface area contributed by atoms with Crippen molar-refractivity contribution in [3.63, 3.8) is 0 Å². The standard InChI is InChI=1S/C22H20N4O3/c1-16(29-15-27)25-11-9-18(13-25)24-22(28)20-14-26(12-17-6-4-5-10-23-17)21-8-3-2-7-19(20)21/h2-11,13-16H,12H2,1H3,(H,24,28). The quantitative estimate of drug-likeness (QED) is 0.488. The lowest BCUT2D eigenvalue weighted by atomic mass is 10.1. The number of benzene rings is 1. The number of pyridine rings is 1. The zero-order valence-corrected chi connectivity index (χ0v) is 15.9. The number of hydrogen-bond donors (Lipinski definition) is 1. The SMILES string of the molecule is CC(OC=O)n1ccc(NC(=O)c2cn(Cc3ccccn3)c3ccccc23)c1. The third-order valence-electron chi connectivity index (χ3n) is 4.74. The van der Waals surface area contributed by atoms with E-state index < -0.39 is 6.23 Å². The van der Waals surface area contributed by atoms with Crippen molar-refractivity contribution in [1.82, 2.24) is 14.1 Å². The fourth-order valence-electron chi connectivity index (χ4n) is 3.29. The van der Waals surface area contributed by atoms with Crippen LogP contribution in [-0.2, 0) is 16.1 Å². The van der Waals surface area contributed by atoms with E-state index in [0.29, 0.717) is 24.3 Å². The molecule has 146 valence electrons. The van der Waals surface area contributed by atoms with Gasteiger partial charge in [-0.1, -0.05) is 24.3 Å². The normalized spacial score (nSPS) is 11.9. The molecule has 3 aromatic heterocycles. The molecule has 0 aliphatic heterocycles. The Morgan fingerprint density at radius 1 is 1.17 bits per heavy atom. The average molecular weight is 388 g/mol. The number of carbonyl (C=O) groups excluding carboxylic acids is 2. The topological polar surface area (TPSA) is 78.1 Å². The number of nitrogens with one attached hydrogen (secondary N) is 1. The largest absolute Gasteiger partial charge is 0.444 e. The molecule has 4 aromatic rings. The summed E-state index contributed by atoms with van der Waals surface area (Å²) in [5.74, 6) is -0.206. The van der Waals surface area contributed by atoms with E-state index in [2.05, 4.69) is 10.3 Å². The summed E-state index contributed by atoms with van der Waals surface area (Å²) in [5, 5.41) is 3.79. The lowest BCUT2D eigenvalue weighted by Gasteiger charge is -2.10. The predicted octanol–water partition coefficient (Wildman–Crippen LogP) is 3.83. The van der Waals surface area contributed by atoms with Crippen LogP contribution < -0.4 is 5.32 Å². The van der Waals surface area contributed by atoms with Gasteiger partial charge in [-0.3, -0.25) is 14.6 Å². The number of aromatic nitrogens is 3. The van der Waals surface area contributed by atoms with Crippen molar-refractivity contribution >= 4 is 29.0 Å². The van der Waals surface area contributed by atoms with Gasteiger partial charge in [-0.25, -0.2) is 0 Å². The number of carbonyl (C=O) groups is 2. The highest BCUT2D eigenvalue weighted by Crippen LogP contribution is 2.24. The molecular weight excluding hydrogens is 368 g/mol. The summed E-state index contributed by atoms with van der Waals surface area (Å²) in [6, 6.07) is 15.3. The second-order valence-corrected chi connectivity index (χ2v) is 6.64. The minimum atomic E-state index is -0.446. The van der Waals surface area contributed by atoms with Crippen molar-refractivity contribution in [3.05, 3.63) is 84.6 Å². The summed E-state index contributed by atoms with van der Waals surface area (Å²) < 4.78 is 8.64. The second-order valence-electron chi connectivity index (χ2n) is 6.64. The Hall–Kier alpha value is -3.87. The molecule has 1 N–H and O–H groups in total. The van der Waals surface area contributed by atoms with Gasteiger partial charge in [0.05, 0.1) is 23.5 Å². The van der Waals surface area contributed by atoms with E-state index in [-0.39, 0.29) is 5.91 Å². The lowest BCUT2D eigenvalue weighted by molar-refractivity contribution is -0.136. The van der Waals surface area contributed by atoms with E-state index in [1.54, 1.807) is 36.1 Å². The number of hydrogen-bond acceptors (Lipinski definition) is 4. The van der Waals surface area contributed by atoms with E-state index >= 15 is 0 Å². The Morgan fingerprint density at radius 2 is 2.00 bits per heavy atom. The molecule has 0 aliphatic carbocycles. The molecule has 1 unspecified atom stereocenters. The molecule has 0 saturated heterocycles. The van der Waals surface area contributed by atoms with E-state index in [4.69, 9.17) is 4.74 Å². The molecular formula is C22H20N4O3. The second kappa shape index (κ2) is 8.02. The van der Waals surface area contributed by atoms with Crippen LogP contribution in [0.4, 0.5) is 5.69 Å². The number of rotatable bonds is 7. The van der Waals surface area contributed by atoms with Gasteiger partial charge in [0.15, 0.2) is 6.23 Å². The number of nitrogens with zero attached hydrogens (tertiary/aromatic N) is 3. The van der Waals surface area contributed by atoms with Crippen LogP contribution in [0.3, 0.4) is 0 Å². The fraction of sp³-hybridized carbons (Fsp3) is 0.136. The summed E-state index contributed by atoms with van der Waals surface area (Å²) in [7, 11) is 0. The molecule has 1 amide bonds. The molecule has 0 saturated carbocycles. The van der Waals surface area contributed by atoms with E-state index in [1.165, 1.54) is 0 Å². The monoisotopic (exact) mass is 388 g/mol. The van der Waals surface area contributed by atoms with Gasteiger partial charge in [0.1, 0.15) is 0 Å². The lowest BCUT2D eigenvalue weighted by Crippen LogP contribution is -2.11. The van der Waals surface area contributed by atoms with Crippen molar-refractivity contribution in [2.75, 3.05) is 5.32 Å². The van der Waals surface area contributed by atoms with Gasteiger partial charge >= 0.3 is 0 Å². The Bertz CT molecular complexity index is 1150. The first-order valence-corrected chi connectivity index (χ1v) is 9.21. The van der Waals surface area contributed by atoms with Crippen LogP contribution in [-0.4, -0.2) is 26.5 Å². The van der Waals surface area contributed by atoms with Gasteiger partial charge in [-0.2, -0.15) is 0 Å². The zero-order valence-electron chi connectivity index (χ0n) is 15.9. The fourth-order valence-corrected chi connectivity index (χ4v) is 3.29. The van der Waals surface area contributed by atoms with Crippen LogP contribution in [0, 0.1) is 0 Å². The molecule has 7 nitrogen and oxygen atoms in total. The summed E-state index contributed by atoms with van der Waals surface area (Å²) in [6.45, 7) is 2.72. The Balaban J connectivity index is 1.60. The number of para-hydroxylation sites is 1. The van der Waals surface area contributed by atoms with Crippen LogP contribution in [0.1, 0.15) is 29.2 Å². The third kappa shape index (κ3) is 3.89. The van der Waals surface area contributed by atoms with Crippen LogP contribution in [0.5, 0.6) is 0 Å². The van der Waals surface area contributed by atoms with Gasteiger partial charge in [-0.15, -0.1) is 0 Å². The maximum absolute atomic E-state index is 13.0. The van der Waals surface area contributed by atoms with Crippen molar-refractivity contribution in [2.45, 2.75) is 19.7 Å². The first kappa shape index (κ1) is 18.5. The van der Waals surface area contributed by atoms with Gasteiger partial charge in [0, 0.05) is 35.7 Å². The number of anilines is 1. The molecule has 4 rings (SSSR count). The Kier molecular flexibility index (Phi) is 5.11. The smallest absolute Gasteiger partial charge is 0.295 e. The highest BCUT2D eigenvalue weighted by molar-refractivity contribution is 6.13. The van der Waals surface area contributed by atoms with E-state index in [9.17, 15) is 9.59 Å². The molecule has 7 heteroatoms. The zero-order chi connectivity index (χ0) is 20.2. The molecule has 29 heavy (non-hydrogen) atoms. The third-order valence-corrected chi connectivity index (χ3v) is 4.74. The van der Waals surface area contributed by atoms with Crippen LogP contribution >= 0.6 is 0 Å². The van der Waals surface area contributed by atoms with Crippen LogP contribution in [0.2, 0.25) is 0 Å². The molecule has 0 fully saturated rings. The van der Waals surface area contributed by atoms with Crippen LogP contribution in [0.15, 0.2) is 73.3 Å². The van der Waals surface area contributed by atoms with Crippen molar-refractivity contribution in [1.29, 1.82) is 0 Å². The molecule has 0 radical (unpaired) electrons. The molecule has 0 spiro atoms. The maximum atomic E-state index is 13.0. The van der Waals surface area contributed by atoms with Gasteiger partial charge < -0.3 is 19.2 Å². The predicted molar refractivity (Wildman–Crippen MR) is 110 cm³/mol. The summed E-state index contributed by atoms with van der Waals surface area (Å²) in [4.78, 5) is 27.8. The maximum Gasteiger partial charge on any atom is 0.295 e. The average Bonchev–Trinajstić information content (AvgIpc) is 3.34. The Labute approximate surface area is 167 Å². The van der Waals surface area contributed by atoms with Crippen molar-refractivity contribution < 1.29 is 14.3 Å². The summed E-state index contributed by atoms with van der Waals surface area (Å²) in [6.07, 6.45) is 6.63. The molecule has 1 aromatic carbocycles. The molecule has 3 heterocycles. The first-order chi connectivity index (χ1) is 14.2. The minimum Gasteiger partial charge on any atom is -0.444 e. The number of ether oxygens (including phenoxy) is 1. The van der Waals surface area contributed by atoms with Crippen molar-refractivity contribution in [2.24, 2.45) is 0 Å². The number of fused-ring (bicyclic) bond motifs is 1. The molecule has 1 atom stereocenters. The number of amides is 1. The van der Waals surface area contributed by atoms with Crippen molar-refractivity contribution in [3.8, 4) is 0 Å². The van der Waals surface area contributed by atoms with Crippen LogP contribution in [0.25, 0.3) is 10.9 Å². The Morgan fingerprint density at radius 3 is 2.79 bits per heavy atom. The summed E-state index contributed by atoms with van der Waals surface area (Å²) in [5.41, 5.74) is 3.09. The first-order valence-electron chi connectivity index (χ1n) is 9.21. The molecule has 0 bridgehead atoms. The summed E-state index contributed by atoms with van der Waals surface area (Å²) >= 11 is 0. The van der Waals surface area contributed by atoms with Gasteiger partial charge in [0.25, 0.3) is 12.4 Å².